The standard InChI is InChI=1S/C18H28N4O2/c1-18(13-19,15-4-5-15)20-16(23)12-21-10-6-14(7-11-21)17(24)22-8-2-3-9-22/h14-15H,2-12H2,1H3,(H,20,23). The molecule has 6 heteroatoms. The molecule has 3 rings (SSSR count). The van der Waals surface area contributed by atoms with Crippen molar-refractivity contribution in [1.82, 2.24) is 15.1 Å². The molecule has 1 saturated carbocycles. The minimum Gasteiger partial charge on any atom is -0.342 e. The minimum absolute atomic E-state index is 0.0738. The van der Waals surface area contributed by atoms with Crippen LogP contribution in [0, 0.1) is 23.2 Å². The molecule has 2 saturated heterocycles. The maximum Gasteiger partial charge on any atom is 0.235 e. The van der Waals surface area contributed by atoms with Crippen LogP contribution in [0.25, 0.3) is 0 Å². The predicted octanol–water partition coefficient (Wildman–Crippen LogP) is 1.13. The lowest BCUT2D eigenvalue weighted by molar-refractivity contribution is -0.136. The van der Waals surface area contributed by atoms with Crippen molar-refractivity contribution in [3.63, 3.8) is 0 Å². The lowest BCUT2D eigenvalue weighted by Crippen LogP contribution is -2.51. The summed E-state index contributed by atoms with van der Waals surface area (Å²) < 4.78 is 0. The van der Waals surface area contributed by atoms with Crippen LogP contribution < -0.4 is 5.32 Å². The minimum atomic E-state index is -0.721. The molecule has 0 aromatic rings. The molecule has 0 spiro atoms. The fourth-order valence-corrected chi connectivity index (χ4v) is 3.95. The van der Waals surface area contributed by atoms with Crippen LogP contribution in [0.3, 0.4) is 0 Å². The number of hydrogen-bond donors (Lipinski definition) is 1. The largest absolute Gasteiger partial charge is 0.342 e. The second-order valence-electron chi connectivity index (χ2n) is 7.72. The van der Waals surface area contributed by atoms with Gasteiger partial charge in [-0.3, -0.25) is 14.5 Å². The number of hydrogen-bond acceptors (Lipinski definition) is 4. The number of piperidine rings is 1. The number of likely N-dealkylation sites (tertiary alicyclic amines) is 2. The van der Waals surface area contributed by atoms with Gasteiger partial charge in [0, 0.05) is 19.0 Å². The van der Waals surface area contributed by atoms with Crippen LogP contribution in [0.2, 0.25) is 0 Å². The monoisotopic (exact) mass is 332 g/mol. The average Bonchev–Trinajstić information content (AvgIpc) is 3.31. The fourth-order valence-electron chi connectivity index (χ4n) is 3.95. The van der Waals surface area contributed by atoms with Gasteiger partial charge >= 0.3 is 0 Å². The number of carbonyl (C=O) groups excluding carboxylic acids is 2. The Labute approximate surface area is 144 Å². The molecule has 6 nitrogen and oxygen atoms in total. The van der Waals surface area contributed by atoms with Gasteiger partial charge in [-0.05, 0) is 64.5 Å². The first kappa shape index (κ1) is 17.2. The number of nitrogens with zero attached hydrogens (tertiary/aromatic N) is 3. The highest BCUT2D eigenvalue weighted by atomic mass is 16.2. The Morgan fingerprint density at radius 2 is 1.75 bits per heavy atom. The quantitative estimate of drug-likeness (QED) is 0.819. The molecule has 3 aliphatic rings. The molecule has 3 fully saturated rings. The zero-order valence-electron chi connectivity index (χ0n) is 14.6. The molecule has 2 heterocycles. The first-order valence-corrected chi connectivity index (χ1v) is 9.25. The van der Waals surface area contributed by atoms with Gasteiger partial charge in [0.2, 0.25) is 11.8 Å². The third-order valence-corrected chi connectivity index (χ3v) is 5.75. The molecule has 132 valence electrons. The summed E-state index contributed by atoms with van der Waals surface area (Å²) in [5, 5.41) is 12.2. The first-order chi connectivity index (χ1) is 11.5. The van der Waals surface area contributed by atoms with Crippen LogP contribution in [0.4, 0.5) is 0 Å². The summed E-state index contributed by atoms with van der Waals surface area (Å²) in [6, 6.07) is 2.26. The van der Waals surface area contributed by atoms with Crippen LogP contribution in [0.1, 0.15) is 45.4 Å². The van der Waals surface area contributed by atoms with Crippen LogP contribution >= 0.6 is 0 Å². The number of amides is 2. The molecule has 0 radical (unpaired) electrons. The Balaban J connectivity index is 1.42. The lowest BCUT2D eigenvalue weighted by Gasteiger charge is -2.33. The van der Waals surface area contributed by atoms with Crippen molar-refractivity contribution < 1.29 is 9.59 Å². The van der Waals surface area contributed by atoms with Crippen LogP contribution in [-0.4, -0.2) is 59.9 Å². The highest BCUT2D eigenvalue weighted by Crippen LogP contribution is 2.39. The normalized spacial score (nSPS) is 25.1. The smallest absolute Gasteiger partial charge is 0.235 e. The molecular formula is C18H28N4O2. The van der Waals surface area contributed by atoms with E-state index in [-0.39, 0.29) is 11.8 Å². The summed E-state index contributed by atoms with van der Waals surface area (Å²) in [7, 11) is 0. The van der Waals surface area contributed by atoms with E-state index in [1.807, 2.05) is 11.8 Å². The lowest BCUT2D eigenvalue weighted by atomic mass is 9.95. The van der Waals surface area contributed by atoms with Crippen molar-refractivity contribution >= 4 is 11.8 Å². The van der Waals surface area contributed by atoms with Gasteiger partial charge in [0.15, 0.2) is 0 Å². The molecule has 2 aliphatic heterocycles. The molecule has 1 unspecified atom stereocenters. The molecule has 0 aromatic heterocycles. The van der Waals surface area contributed by atoms with Gasteiger partial charge in [0.05, 0.1) is 12.6 Å². The van der Waals surface area contributed by atoms with Crippen LogP contribution in [0.5, 0.6) is 0 Å². The Hall–Kier alpha value is -1.61. The Kier molecular flexibility index (Phi) is 5.09. The van der Waals surface area contributed by atoms with E-state index in [4.69, 9.17) is 0 Å². The van der Waals surface area contributed by atoms with Gasteiger partial charge in [0.1, 0.15) is 5.54 Å². The molecule has 24 heavy (non-hydrogen) atoms. The van der Waals surface area contributed by atoms with Crippen molar-refractivity contribution in [2.24, 2.45) is 11.8 Å². The zero-order chi connectivity index (χ0) is 17.2. The van der Waals surface area contributed by atoms with Crippen molar-refractivity contribution in [3.8, 4) is 6.07 Å². The SMILES string of the molecule is CC(C#N)(NC(=O)CN1CCC(C(=O)N2CCCC2)CC1)C1CC1. The molecule has 1 aliphatic carbocycles. The van der Waals surface area contributed by atoms with Crippen molar-refractivity contribution in [3.05, 3.63) is 0 Å². The second-order valence-corrected chi connectivity index (χ2v) is 7.72. The molecular weight excluding hydrogens is 304 g/mol. The molecule has 0 bridgehead atoms. The number of nitrogens with one attached hydrogen (secondary N) is 1. The summed E-state index contributed by atoms with van der Waals surface area (Å²) in [5.74, 6) is 0.658. The predicted molar refractivity (Wildman–Crippen MR) is 89.9 cm³/mol. The van der Waals surface area contributed by atoms with E-state index in [0.29, 0.717) is 18.4 Å². The van der Waals surface area contributed by atoms with Crippen molar-refractivity contribution in [2.45, 2.75) is 51.0 Å². The van der Waals surface area contributed by atoms with Gasteiger partial charge < -0.3 is 10.2 Å². The van der Waals surface area contributed by atoms with Gasteiger partial charge in [-0.15, -0.1) is 0 Å². The maximum atomic E-state index is 12.4. The van der Waals surface area contributed by atoms with Gasteiger partial charge in [-0.2, -0.15) is 5.26 Å². The highest BCUT2D eigenvalue weighted by molar-refractivity contribution is 5.80. The summed E-state index contributed by atoms with van der Waals surface area (Å²) in [6.07, 6.45) is 5.97. The molecule has 0 aromatic carbocycles. The molecule has 2 amide bonds. The van der Waals surface area contributed by atoms with Crippen molar-refractivity contribution in [2.75, 3.05) is 32.7 Å². The van der Waals surface area contributed by atoms with E-state index in [0.717, 1.165) is 64.7 Å². The Morgan fingerprint density at radius 3 is 2.29 bits per heavy atom. The zero-order valence-corrected chi connectivity index (χ0v) is 14.6. The third kappa shape index (κ3) is 3.89. The third-order valence-electron chi connectivity index (χ3n) is 5.75. The summed E-state index contributed by atoms with van der Waals surface area (Å²) in [4.78, 5) is 28.8. The van der Waals surface area contributed by atoms with E-state index in [1.54, 1.807) is 0 Å². The highest BCUT2D eigenvalue weighted by Gasteiger charge is 2.43. The van der Waals surface area contributed by atoms with Crippen LogP contribution in [0.15, 0.2) is 0 Å². The van der Waals surface area contributed by atoms with E-state index in [1.165, 1.54) is 0 Å². The summed E-state index contributed by atoms with van der Waals surface area (Å²) >= 11 is 0. The maximum absolute atomic E-state index is 12.4. The van der Waals surface area contributed by atoms with E-state index < -0.39 is 5.54 Å². The van der Waals surface area contributed by atoms with Gasteiger partial charge in [-0.25, -0.2) is 0 Å². The van der Waals surface area contributed by atoms with Gasteiger partial charge in [-0.1, -0.05) is 0 Å². The number of nitriles is 1. The van der Waals surface area contributed by atoms with E-state index in [2.05, 4.69) is 16.3 Å². The number of rotatable bonds is 5. The van der Waals surface area contributed by atoms with E-state index in [9.17, 15) is 14.9 Å². The van der Waals surface area contributed by atoms with Gasteiger partial charge in [0.25, 0.3) is 0 Å². The Bertz CT molecular complexity index is 526. The van der Waals surface area contributed by atoms with E-state index >= 15 is 0 Å². The molecule has 1 N–H and O–H groups in total. The average molecular weight is 332 g/mol. The number of carbonyl (C=O) groups is 2. The van der Waals surface area contributed by atoms with Crippen molar-refractivity contribution in [1.29, 1.82) is 5.26 Å². The first-order valence-electron chi connectivity index (χ1n) is 9.25. The summed E-state index contributed by atoms with van der Waals surface area (Å²) in [6.45, 7) is 5.54. The summed E-state index contributed by atoms with van der Waals surface area (Å²) in [5.41, 5.74) is -0.721. The molecule has 1 atom stereocenters. The second kappa shape index (κ2) is 7.10. The topological polar surface area (TPSA) is 76.4 Å². The fraction of sp³-hybridized carbons (Fsp3) is 0.833. The van der Waals surface area contributed by atoms with Crippen LogP contribution in [-0.2, 0) is 9.59 Å². The Morgan fingerprint density at radius 1 is 1.12 bits per heavy atom.